The quantitative estimate of drug-likeness (QED) is 0.882. The largest absolute Gasteiger partial charge is 0.508 e. The molecule has 0 unspecified atom stereocenters. The van der Waals surface area contributed by atoms with Crippen molar-refractivity contribution in [3.05, 3.63) is 65.2 Å². The highest BCUT2D eigenvalue weighted by Crippen LogP contribution is 2.10. The Bertz CT molecular complexity index is 544. The summed E-state index contributed by atoms with van der Waals surface area (Å²) in [6.45, 7) is 2.54. The van der Waals surface area contributed by atoms with Gasteiger partial charge >= 0.3 is 0 Å². The number of amides is 1. The molecule has 0 bridgehead atoms. The number of hydrogen-bond acceptors (Lipinski definition) is 2. The van der Waals surface area contributed by atoms with Crippen LogP contribution >= 0.6 is 0 Å². The maximum absolute atomic E-state index is 11.9. The second-order valence-corrected chi connectivity index (χ2v) is 4.40. The molecule has 3 heteroatoms. The Labute approximate surface area is 112 Å². The Kier molecular flexibility index (Phi) is 4.18. The first-order valence-electron chi connectivity index (χ1n) is 6.34. The summed E-state index contributed by atoms with van der Waals surface area (Å²) in [5, 5.41) is 12.0. The molecular formula is C16H17NO2. The molecule has 0 spiro atoms. The molecule has 0 heterocycles. The number of carbonyl (C=O) groups is 1. The predicted octanol–water partition coefficient (Wildman–Crippen LogP) is 2.88. The van der Waals surface area contributed by atoms with Gasteiger partial charge < -0.3 is 10.4 Å². The van der Waals surface area contributed by atoms with Crippen molar-refractivity contribution in [2.75, 3.05) is 0 Å². The third-order valence-electron chi connectivity index (χ3n) is 3.01. The Morgan fingerprint density at radius 3 is 2.16 bits per heavy atom. The Morgan fingerprint density at radius 1 is 1.00 bits per heavy atom. The maximum Gasteiger partial charge on any atom is 0.251 e. The number of nitrogens with one attached hydrogen (secondary N) is 1. The maximum atomic E-state index is 11.9. The minimum absolute atomic E-state index is 0.0873. The molecule has 3 nitrogen and oxygen atoms in total. The summed E-state index contributed by atoms with van der Waals surface area (Å²) < 4.78 is 0. The van der Waals surface area contributed by atoms with Crippen LogP contribution in [0.2, 0.25) is 0 Å². The van der Waals surface area contributed by atoms with Gasteiger partial charge in [-0.25, -0.2) is 0 Å². The zero-order valence-corrected chi connectivity index (χ0v) is 10.9. The van der Waals surface area contributed by atoms with Crippen LogP contribution in [-0.2, 0) is 13.0 Å². The smallest absolute Gasteiger partial charge is 0.251 e. The number of benzene rings is 2. The van der Waals surface area contributed by atoms with Crippen molar-refractivity contribution in [1.82, 2.24) is 5.32 Å². The fourth-order valence-corrected chi connectivity index (χ4v) is 1.79. The number of aromatic hydroxyl groups is 1. The molecular weight excluding hydrogens is 238 g/mol. The zero-order chi connectivity index (χ0) is 13.7. The van der Waals surface area contributed by atoms with Gasteiger partial charge in [-0.2, -0.15) is 0 Å². The SMILES string of the molecule is CCc1ccc(C(=O)NCc2ccc(O)cc2)cc1. The van der Waals surface area contributed by atoms with E-state index in [0.717, 1.165) is 12.0 Å². The van der Waals surface area contributed by atoms with Crippen molar-refractivity contribution in [3.63, 3.8) is 0 Å². The number of rotatable bonds is 4. The molecule has 2 rings (SSSR count). The van der Waals surface area contributed by atoms with E-state index in [1.165, 1.54) is 5.56 Å². The Hall–Kier alpha value is -2.29. The molecule has 0 radical (unpaired) electrons. The van der Waals surface area contributed by atoms with E-state index in [4.69, 9.17) is 0 Å². The van der Waals surface area contributed by atoms with Crippen LogP contribution < -0.4 is 5.32 Å². The standard InChI is InChI=1S/C16H17NO2/c1-2-12-3-7-14(8-4-12)16(19)17-11-13-5-9-15(18)10-6-13/h3-10,18H,2,11H2,1H3,(H,17,19). The highest BCUT2D eigenvalue weighted by molar-refractivity contribution is 5.94. The molecule has 2 aromatic carbocycles. The van der Waals surface area contributed by atoms with E-state index in [9.17, 15) is 9.90 Å². The molecule has 0 atom stereocenters. The molecule has 98 valence electrons. The van der Waals surface area contributed by atoms with Crippen LogP contribution in [0.1, 0.15) is 28.4 Å². The second kappa shape index (κ2) is 6.05. The lowest BCUT2D eigenvalue weighted by molar-refractivity contribution is 0.0951. The van der Waals surface area contributed by atoms with Crippen molar-refractivity contribution in [3.8, 4) is 5.75 Å². The number of aryl methyl sites for hydroxylation is 1. The normalized spacial score (nSPS) is 10.2. The van der Waals surface area contributed by atoms with Gasteiger partial charge in [0.2, 0.25) is 0 Å². The summed E-state index contributed by atoms with van der Waals surface area (Å²) in [6.07, 6.45) is 0.968. The molecule has 19 heavy (non-hydrogen) atoms. The highest BCUT2D eigenvalue weighted by Gasteiger charge is 2.04. The van der Waals surface area contributed by atoms with E-state index in [2.05, 4.69) is 12.2 Å². The van der Waals surface area contributed by atoms with Gasteiger partial charge in [0.1, 0.15) is 5.75 Å². The van der Waals surface area contributed by atoms with Gasteiger partial charge in [-0.05, 0) is 41.8 Å². The van der Waals surface area contributed by atoms with E-state index >= 15 is 0 Å². The summed E-state index contributed by atoms with van der Waals surface area (Å²) in [6, 6.07) is 14.4. The molecule has 0 aromatic heterocycles. The van der Waals surface area contributed by atoms with E-state index in [0.29, 0.717) is 12.1 Å². The van der Waals surface area contributed by atoms with Crippen LogP contribution in [0.25, 0.3) is 0 Å². The average molecular weight is 255 g/mol. The van der Waals surface area contributed by atoms with Gasteiger partial charge in [0.25, 0.3) is 5.91 Å². The van der Waals surface area contributed by atoms with Crippen molar-refractivity contribution in [2.24, 2.45) is 0 Å². The summed E-state index contributed by atoms with van der Waals surface area (Å²) >= 11 is 0. The Morgan fingerprint density at radius 2 is 1.58 bits per heavy atom. The number of hydrogen-bond donors (Lipinski definition) is 2. The first-order valence-corrected chi connectivity index (χ1v) is 6.34. The fourth-order valence-electron chi connectivity index (χ4n) is 1.79. The van der Waals surface area contributed by atoms with Crippen molar-refractivity contribution in [2.45, 2.75) is 19.9 Å². The summed E-state index contributed by atoms with van der Waals surface area (Å²) in [5.74, 6) is 0.140. The molecule has 0 fully saturated rings. The van der Waals surface area contributed by atoms with E-state index < -0.39 is 0 Å². The lowest BCUT2D eigenvalue weighted by Gasteiger charge is -2.06. The summed E-state index contributed by atoms with van der Waals surface area (Å²) in [4.78, 5) is 11.9. The average Bonchev–Trinajstić information content (AvgIpc) is 2.46. The summed E-state index contributed by atoms with van der Waals surface area (Å²) in [7, 11) is 0. The molecule has 2 N–H and O–H groups in total. The van der Waals surface area contributed by atoms with E-state index in [-0.39, 0.29) is 11.7 Å². The first-order chi connectivity index (χ1) is 9.19. The van der Waals surface area contributed by atoms with Crippen LogP contribution in [0.15, 0.2) is 48.5 Å². The molecule has 0 aliphatic rings. The fraction of sp³-hybridized carbons (Fsp3) is 0.188. The monoisotopic (exact) mass is 255 g/mol. The van der Waals surface area contributed by atoms with Crippen LogP contribution in [0.5, 0.6) is 5.75 Å². The van der Waals surface area contributed by atoms with Gasteiger partial charge in [-0.1, -0.05) is 31.2 Å². The van der Waals surface area contributed by atoms with Crippen LogP contribution in [-0.4, -0.2) is 11.0 Å². The molecule has 1 amide bonds. The van der Waals surface area contributed by atoms with Crippen molar-refractivity contribution >= 4 is 5.91 Å². The van der Waals surface area contributed by atoms with Crippen LogP contribution in [0.3, 0.4) is 0 Å². The lowest BCUT2D eigenvalue weighted by Crippen LogP contribution is -2.22. The lowest BCUT2D eigenvalue weighted by atomic mass is 10.1. The topological polar surface area (TPSA) is 49.3 Å². The van der Waals surface area contributed by atoms with Crippen molar-refractivity contribution < 1.29 is 9.90 Å². The second-order valence-electron chi connectivity index (χ2n) is 4.40. The minimum Gasteiger partial charge on any atom is -0.508 e. The molecule has 0 aliphatic carbocycles. The summed E-state index contributed by atoms with van der Waals surface area (Å²) in [5.41, 5.74) is 2.84. The van der Waals surface area contributed by atoms with Crippen LogP contribution in [0.4, 0.5) is 0 Å². The third kappa shape index (κ3) is 3.58. The van der Waals surface area contributed by atoms with Crippen molar-refractivity contribution in [1.29, 1.82) is 0 Å². The van der Waals surface area contributed by atoms with Gasteiger partial charge in [0.15, 0.2) is 0 Å². The number of phenols is 1. The zero-order valence-electron chi connectivity index (χ0n) is 10.9. The van der Waals surface area contributed by atoms with Gasteiger partial charge in [-0.15, -0.1) is 0 Å². The highest BCUT2D eigenvalue weighted by atomic mass is 16.3. The van der Waals surface area contributed by atoms with Crippen LogP contribution in [0, 0.1) is 0 Å². The van der Waals surface area contributed by atoms with Gasteiger partial charge in [-0.3, -0.25) is 4.79 Å². The number of carbonyl (C=O) groups excluding carboxylic acids is 1. The third-order valence-corrected chi connectivity index (χ3v) is 3.01. The Balaban J connectivity index is 1.95. The number of phenolic OH excluding ortho intramolecular Hbond substituents is 1. The molecule has 0 saturated carbocycles. The molecule has 0 aliphatic heterocycles. The van der Waals surface area contributed by atoms with Gasteiger partial charge in [0, 0.05) is 12.1 Å². The predicted molar refractivity (Wildman–Crippen MR) is 75.1 cm³/mol. The molecule has 0 saturated heterocycles. The van der Waals surface area contributed by atoms with E-state index in [1.807, 2.05) is 24.3 Å². The van der Waals surface area contributed by atoms with Gasteiger partial charge in [0.05, 0.1) is 0 Å². The minimum atomic E-state index is -0.0873. The molecule has 2 aromatic rings. The first kappa shape index (κ1) is 13.1. The van der Waals surface area contributed by atoms with E-state index in [1.54, 1.807) is 24.3 Å².